The summed E-state index contributed by atoms with van der Waals surface area (Å²) in [4.78, 5) is 10.7. The van der Waals surface area contributed by atoms with Gasteiger partial charge in [-0.3, -0.25) is 0 Å². The first-order valence-corrected chi connectivity index (χ1v) is 19.3. The fourth-order valence-electron chi connectivity index (χ4n) is 8.36. The van der Waals surface area contributed by atoms with Crippen molar-refractivity contribution in [1.82, 2.24) is 19.1 Å². The van der Waals surface area contributed by atoms with Crippen LogP contribution in [0.15, 0.2) is 194 Å². The molecule has 5 heteroatoms. The number of benzene rings is 7. The van der Waals surface area contributed by atoms with Crippen molar-refractivity contribution in [2.45, 2.75) is 0 Å². The molecule has 0 radical (unpaired) electrons. The first-order chi connectivity index (χ1) is 27.3. The van der Waals surface area contributed by atoms with Gasteiger partial charge in [-0.1, -0.05) is 133 Å². The van der Waals surface area contributed by atoms with Gasteiger partial charge in [0.05, 0.1) is 26.9 Å². The Bertz CT molecular complexity index is 3160. The second-order valence-corrected chi connectivity index (χ2v) is 14.8. The predicted octanol–water partition coefficient (Wildman–Crippen LogP) is 13.4. The number of fused-ring (bicyclic) bond motifs is 7. The first-order valence-electron chi connectivity index (χ1n) is 18.5. The Labute approximate surface area is 321 Å². The van der Waals surface area contributed by atoms with Crippen LogP contribution in [0.2, 0.25) is 0 Å². The van der Waals surface area contributed by atoms with Crippen molar-refractivity contribution in [1.29, 1.82) is 0 Å². The lowest BCUT2D eigenvalue weighted by atomic mass is 9.95. The highest BCUT2D eigenvalue weighted by atomic mass is 32.1. The van der Waals surface area contributed by atoms with Crippen LogP contribution < -0.4 is 0 Å². The lowest BCUT2D eigenvalue weighted by Gasteiger charge is -2.13. The number of para-hydroxylation sites is 2. The fourth-order valence-corrected chi connectivity index (χ4v) is 9.68. The summed E-state index contributed by atoms with van der Waals surface area (Å²) in [5, 5.41) is 6.06. The Morgan fingerprint density at radius 1 is 0.382 bits per heavy atom. The summed E-state index contributed by atoms with van der Waals surface area (Å²) in [6.45, 7) is 0. The van der Waals surface area contributed by atoms with Gasteiger partial charge in [0.25, 0.3) is 0 Å². The molecule has 11 aromatic rings. The molecule has 0 bridgehead atoms. The van der Waals surface area contributed by atoms with E-state index < -0.39 is 0 Å². The SMILES string of the molecule is c1ccc(-c2ccc3c(c2)c2c4c5ccccc5n(-c5ccccc5)c4ccc2n3-c2sc(-c3ncccn3)c(-c3ccccc3)c2-c2ccccc2)cc1. The standard InChI is InChI=1S/C50H32N4S/c1-5-16-33(17-6-1)36-26-27-41-39(32-36)47-43(29-28-42-46(47)38-24-13-14-25-40(38)53(42)37-22-11-4-12-23-37)54(41)50-45(35-20-9-3-10-21-35)44(34-18-7-2-8-19-34)48(55-50)49-51-30-15-31-52-49/h1-32H. The molecule has 4 nitrogen and oxygen atoms in total. The number of nitrogens with zero attached hydrogens (tertiary/aromatic N) is 4. The molecule has 11 rings (SSSR count). The Balaban J connectivity index is 1.33. The molecule has 0 saturated carbocycles. The monoisotopic (exact) mass is 720 g/mol. The van der Waals surface area contributed by atoms with Gasteiger partial charge in [0, 0.05) is 50.8 Å². The van der Waals surface area contributed by atoms with Crippen LogP contribution in [-0.2, 0) is 0 Å². The van der Waals surface area contributed by atoms with Crippen molar-refractivity contribution in [3.8, 4) is 54.8 Å². The van der Waals surface area contributed by atoms with Crippen molar-refractivity contribution in [3.63, 3.8) is 0 Å². The molecule has 4 heterocycles. The molecule has 0 fully saturated rings. The lowest BCUT2D eigenvalue weighted by Crippen LogP contribution is -1.95. The molecule has 7 aromatic carbocycles. The zero-order valence-corrected chi connectivity index (χ0v) is 30.5. The zero-order chi connectivity index (χ0) is 36.3. The average Bonchev–Trinajstić information content (AvgIpc) is 3.93. The minimum atomic E-state index is 0.718. The van der Waals surface area contributed by atoms with Crippen LogP contribution in [-0.4, -0.2) is 19.1 Å². The van der Waals surface area contributed by atoms with Gasteiger partial charge in [-0.05, 0) is 70.8 Å². The second kappa shape index (κ2) is 12.8. The van der Waals surface area contributed by atoms with Crippen molar-refractivity contribution in [2.24, 2.45) is 0 Å². The van der Waals surface area contributed by atoms with E-state index in [1.807, 2.05) is 18.5 Å². The summed E-state index contributed by atoms with van der Waals surface area (Å²) in [7, 11) is 0. The van der Waals surface area contributed by atoms with E-state index in [0.717, 1.165) is 54.7 Å². The van der Waals surface area contributed by atoms with E-state index in [-0.39, 0.29) is 0 Å². The molecule has 0 spiro atoms. The van der Waals surface area contributed by atoms with E-state index in [1.54, 1.807) is 11.3 Å². The Morgan fingerprint density at radius 2 is 0.909 bits per heavy atom. The molecular formula is C50H32N4S. The van der Waals surface area contributed by atoms with Gasteiger partial charge in [-0.2, -0.15) is 0 Å². The van der Waals surface area contributed by atoms with E-state index in [2.05, 4.69) is 185 Å². The maximum absolute atomic E-state index is 4.83. The third-order valence-electron chi connectivity index (χ3n) is 10.7. The third-order valence-corrected chi connectivity index (χ3v) is 11.8. The third kappa shape index (κ3) is 4.98. The first kappa shape index (κ1) is 31.4. The van der Waals surface area contributed by atoms with Crippen molar-refractivity contribution in [3.05, 3.63) is 194 Å². The maximum Gasteiger partial charge on any atom is 0.170 e. The molecule has 55 heavy (non-hydrogen) atoms. The topological polar surface area (TPSA) is 35.6 Å². The molecular weight excluding hydrogens is 689 g/mol. The number of aromatic nitrogens is 4. The molecule has 0 aliphatic heterocycles. The molecule has 4 aromatic heterocycles. The molecule has 0 aliphatic rings. The van der Waals surface area contributed by atoms with Crippen LogP contribution in [0.25, 0.3) is 98.4 Å². The summed E-state index contributed by atoms with van der Waals surface area (Å²) >= 11 is 1.76. The van der Waals surface area contributed by atoms with Crippen LogP contribution in [0, 0.1) is 0 Å². The lowest BCUT2D eigenvalue weighted by molar-refractivity contribution is 1.18. The average molecular weight is 721 g/mol. The van der Waals surface area contributed by atoms with Crippen molar-refractivity contribution in [2.75, 3.05) is 0 Å². The molecule has 0 aliphatic carbocycles. The molecule has 0 amide bonds. The van der Waals surface area contributed by atoms with Crippen LogP contribution in [0.4, 0.5) is 0 Å². The highest BCUT2D eigenvalue weighted by molar-refractivity contribution is 7.19. The quantitative estimate of drug-likeness (QED) is 0.171. The number of thiophene rings is 1. The van der Waals surface area contributed by atoms with Crippen molar-refractivity contribution >= 4 is 54.9 Å². The number of hydrogen-bond donors (Lipinski definition) is 0. The highest BCUT2D eigenvalue weighted by Crippen LogP contribution is 2.52. The second-order valence-electron chi connectivity index (χ2n) is 13.8. The minimum absolute atomic E-state index is 0.718. The summed E-state index contributed by atoms with van der Waals surface area (Å²) < 4.78 is 4.91. The molecule has 0 N–H and O–H groups in total. The molecule has 0 unspecified atom stereocenters. The van der Waals surface area contributed by atoms with Crippen LogP contribution in [0.5, 0.6) is 0 Å². The predicted molar refractivity (Wildman–Crippen MR) is 230 cm³/mol. The Kier molecular flexibility index (Phi) is 7.32. The summed E-state index contributed by atoms with van der Waals surface area (Å²) in [5.41, 5.74) is 12.8. The van der Waals surface area contributed by atoms with Crippen LogP contribution in [0.3, 0.4) is 0 Å². The Hall–Kier alpha value is -7.08. The fraction of sp³-hybridized carbons (Fsp3) is 0. The summed E-state index contributed by atoms with van der Waals surface area (Å²) in [6.07, 6.45) is 3.67. The van der Waals surface area contributed by atoms with Gasteiger partial charge >= 0.3 is 0 Å². The Morgan fingerprint density at radius 3 is 1.60 bits per heavy atom. The van der Waals surface area contributed by atoms with E-state index in [4.69, 9.17) is 9.97 Å². The number of hydrogen-bond acceptors (Lipinski definition) is 3. The molecule has 0 atom stereocenters. The zero-order valence-electron chi connectivity index (χ0n) is 29.7. The van der Waals surface area contributed by atoms with Gasteiger partial charge in [-0.25, -0.2) is 9.97 Å². The van der Waals surface area contributed by atoms with E-state index in [1.165, 1.54) is 43.7 Å². The number of rotatable bonds is 6. The normalized spacial score (nSPS) is 11.6. The van der Waals surface area contributed by atoms with Gasteiger partial charge in [0.1, 0.15) is 5.00 Å². The highest BCUT2D eigenvalue weighted by Gasteiger charge is 2.28. The molecule has 258 valence electrons. The summed E-state index contributed by atoms with van der Waals surface area (Å²) in [5.74, 6) is 0.718. The maximum atomic E-state index is 4.83. The van der Waals surface area contributed by atoms with Gasteiger partial charge in [-0.15, -0.1) is 11.3 Å². The van der Waals surface area contributed by atoms with Gasteiger partial charge < -0.3 is 9.13 Å². The van der Waals surface area contributed by atoms with Crippen LogP contribution in [0.1, 0.15) is 0 Å². The van der Waals surface area contributed by atoms with E-state index in [0.29, 0.717) is 0 Å². The smallest absolute Gasteiger partial charge is 0.170 e. The van der Waals surface area contributed by atoms with Gasteiger partial charge in [0.15, 0.2) is 5.82 Å². The van der Waals surface area contributed by atoms with E-state index in [9.17, 15) is 0 Å². The van der Waals surface area contributed by atoms with Crippen LogP contribution >= 0.6 is 11.3 Å². The van der Waals surface area contributed by atoms with E-state index >= 15 is 0 Å². The largest absolute Gasteiger partial charge is 0.309 e. The molecule has 0 saturated heterocycles. The summed E-state index contributed by atoms with van der Waals surface area (Å²) in [6, 6.07) is 65.2. The van der Waals surface area contributed by atoms with Gasteiger partial charge in [0.2, 0.25) is 0 Å². The minimum Gasteiger partial charge on any atom is -0.309 e. The van der Waals surface area contributed by atoms with Crippen molar-refractivity contribution < 1.29 is 0 Å².